The van der Waals surface area contributed by atoms with Gasteiger partial charge in [0.1, 0.15) is 5.82 Å². The molecule has 2 heterocycles. The quantitative estimate of drug-likeness (QED) is 0.328. The summed E-state index contributed by atoms with van der Waals surface area (Å²) in [6.07, 6.45) is 0. The van der Waals surface area contributed by atoms with Crippen LogP contribution in [-0.2, 0) is 6.54 Å². The van der Waals surface area contributed by atoms with Gasteiger partial charge in [-0.2, -0.15) is 0 Å². The fourth-order valence-corrected chi connectivity index (χ4v) is 4.05. The number of hydrogen-bond donors (Lipinski definition) is 1. The van der Waals surface area contributed by atoms with E-state index in [9.17, 15) is 4.39 Å². The molecule has 1 aliphatic rings. The number of benzene rings is 1. The molecule has 0 atom stereocenters. The molecule has 3 rings (SSSR count). The molecule has 1 aliphatic heterocycles. The Bertz CT molecular complexity index is 789. The number of halogens is 2. The molecule has 0 saturated carbocycles. The molecule has 1 fully saturated rings. The van der Waals surface area contributed by atoms with Crippen molar-refractivity contribution in [3.8, 4) is 0 Å². The number of thiazole rings is 1. The Hall–Kier alpha value is -1.46. The largest absolute Gasteiger partial charge is 0.369 e. The summed E-state index contributed by atoms with van der Waals surface area (Å²) in [5, 5.41) is 6.57. The molecular weight excluding hydrogens is 514 g/mol. The van der Waals surface area contributed by atoms with Crippen molar-refractivity contribution < 1.29 is 4.39 Å². The first-order valence-corrected chi connectivity index (χ1v) is 11.1. The summed E-state index contributed by atoms with van der Waals surface area (Å²) in [7, 11) is 2.05. The molecule has 1 aromatic heterocycles. The molecule has 30 heavy (non-hydrogen) atoms. The molecule has 0 amide bonds. The second kappa shape index (κ2) is 12.4. The summed E-state index contributed by atoms with van der Waals surface area (Å²) < 4.78 is 13.1. The van der Waals surface area contributed by atoms with E-state index in [2.05, 4.69) is 44.4 Å². The van der Waals surface area contributed by atoms with Crippen LogP contribution in [0, 0.1) is 12.7 Å². The second-order valence-electron chi connectivity index (χ2n) is 7.25. The summed E-state index contributed by atoms with van der Waals surface area (Å²) in [6, 6.07) is 6.78. The normalized spacial score (nSPS) is 15.1. The third-order valence-electron chi connectivity index (χ3n) is 5.00. The minimum Gasteiger partial charge on any atom is -0.369 e. The van der Waals surface area contributed by atoms with Gasteiger partial charge in [-0.3, -0.25) is 9.89 Å². The number of rotatable bonds is 7. The van der Waals surface area contributed by atoms with Crippen LogP contribution >= 0.6 is 35.3 Å². The van der Waals surface area contributed by atoms with Gasteiger partial charge in [-0.1, -0.05) is 0 Å². The SMILES string of the molecule is CCNC(=NCCN1CCN(c2ccc(F)cc2)CC1)N(C)Cc1csc(C)n1.I. The third kappa shape index (κ3) is 7.35. The summed E-state index contributed by atoms with van der Waals surface area (Å²) in [4.78, 5) is 16.2. The van der Waals surface area contributed by atoms with E-state index >= 15 is 0 Å². The predicted molar refractivity (Wildman–Crippen MR) is 135 cm³/mol. The molecular formula is C21H32FIN6S. The Balaban J connectivity index is 0.00000320. The monoisotopic (exact) mass is 546 g/mol. The Labute approximate surface area is 200 Å². The van der Waals surface area contributed by atoms with E-state index in [0.717, 1.165) is 74.7 Å². The summed E-state index contributed by atoms with van der Waals surface area (Å²) in [5.41, 5.74) is 2.18. The lowest BCUT2D eigenvalue weighted by Crippen LogP contribution is -2.47. The van der Waals surface area contributed by atoms with Gasteiger partial charge in [0.15, 0.2) is 5.96 Å². The predicted octanol–water partition coefficient (Wildman–Crippen LogP) is 3.43. The number of nitrogens with zero attached hydrogens (tertiary/aromatic N) is 5. The number of aryl methyl sites for hydroxylation is 1. The van der Waals surface area contributed by atoms with E-state index in [0.29, 0.717) is 0 Å². The molecule has 1 aromatic carbocycles. The zero-order chi connectivity index (χ0) is 20.6. The van der Waals surface area contributed by atoms with Crippen LogP contribution in [-0.4, -0.2) is 73.6 Å². The number of anilines is 1. The van der Waals surface area contributed by atoms with Gasteiger partial charge < -0.3 is 15.1 Å². The van der Waals surface area contributed by atoms with Crippen molar-refractivity contribution in [2.75, 3.05) is 57.8 Å². The summed E-state index contributed by atoms with van der Waals surface area (Å²) in [5.74, 6) is 0.736. The maximum Gasteiger partial charge on any atom is 0.194 e. The van der Waals surface area contributed by atoms with Crippen molar-refractivity contribution in [1.82, 2.24) is 20.1 Å². The van der Waals surface area contributed by atoms with E-state index in [1.807, 2.05) is 19.1 Å². The number of piperazine rings is 1. The van der Waals surface area contributed by atoms with Crippen LogP contribution in [0.15, 0.2) is 34.6 Å². The van der Waals surface area contributed by atoms with Crippen molar-refractivity contribution >= 4 is 47.0 Å². The first-order valence-electron chi connectivity index (χ1n) is 10.2. The Kier molecular flexibility index (Phi) is 10.3. The Morgan fingerprint density at radius 3 is 2.53 bits per heavy atom. The van der Waals surface area contributed by atoms with E-state index < -0.39 is 0 Å². The number of guanidine groups is 1. The lowest BCUT2D eigenvalue weighted by atomic mass is 10.2. The van der Waals surface area contributed by atoms with Gasteiger partial charge in [0.05, 0.1) is 23.8 Å². The number of aliphatic imine (C=N–C) groups is 1. The van der Waals surface area contributed by atoms with Gasteiger partial charge in [-0.05, 0) is 38.1 Å². The van der Waals surface area contributed by atoms with Crippen LogP contribution in [0.5, 0.6) is 0 Å². The molecule has 0 bridgehead atoms. The topological polar surface area (TPSA) is 47.0 Å². The highest BCUT2D eigenvalue weighted by Gasteiger charge is 2.17. The van der Waals surface area contributed by atoms with Crippen molar-refractivity contribution in [1.29, 1.82) is 0 Å². The lowest BCUT2D eigenvalue weighted by Gasteiger charge is -2.36. The molecule has 0 aliphatic carbocycles. The fraction of sp³-hybridized carbons (Fsp3) is 0.524. The number of aromatic nitrogens is 1. The van der Waals surface area contributed by atoms with Crippen LogP contribution in [0.2, 0.25) is 0 Å². The zero-order valence-corrected chi connectivity index (χ0v) is 21.1. The highest BCUT2D eigenvalue weighted by atomic mass is 127. The van der Waals surface area contributed by atoms with Gasteiger partial charge in [-0.15, -0.1) is 35.3 Å². The van der Waals surface area contributed by atoms with E-state index in [4.69, 9.17) is 4.99 Å². The highest BCUT2D eigenvalue weighted by Crippen LogP contribution is 2.16. The Morgan fingerprint density at radius 2 is 1.93 bits per heavy atom. The van der Waals surface area contributed by atoms with Crippen molar-refractivity contribution in [3.05, 3.63) is 46.2 Å². The number of hydrogen-bond acceptors (Lipinski definition) is 5. The molecule has 6 nitrogen and oxygen atoms in total. The fourth-order valence-electron chi connectivity index (χ4n) is 3.45. The minimum absolute atomic E-state index is 0. The molecule has 1 saturated heterocycles. The van der Waals surface area contributed by atoms with Crippen molar-refractivity contribution in [2.45, 2.75) is 20.4 Å². The first-order chi connectivity index (χ1) is 14.0. The van der Waals surface area contributed by atoms with Crippen LogP contribution in [0.25, 0.3) is 0 Å². The lowest BCUT2D eigenvalue weighted by molar-refractivity contribution is 0.264. The maximum absolute atomic E-state index is 13.1. The van der Waals surface area contributed by atoms with E-state index in [1.165, 1.54) is 12.1 Å². The Morgan fingerprint density at radius 1 is 1.23 bits per heavy atom. The molecule has 1 N–H and O–H groups in total. The molecule has 166 valence electrons. The van der Waals surface area contributed by atoms with Crippen LogP contribution in [0.4, 0.5) is 10.1 Å². The van der Waals surface area contributed by atoms with Gasteiger partial charge in [-0.25, -0.2) is 9.37 Å². The minimum atomic E-state index is -0.184. The van der Waals surface area contributed by atoms with Gasteiger partial charge in [0.2, 0.25) is 0 Å². The molecule has 0 unspecified atom stereocenters. The number of nitrogens with one attached hydrogen (secondary N) is 1. The van der Waals surface area contributed by atoms with Crippen LogP contribution in [0.1, 0.15) is 17.6 Å². The average Bonchev–Trinajstić information content (AvgIpc) is 3.13. The molecule has 0 radical (unpaired) electrons. The van der Waals surface area contributed by atoms with Gasteiger partial charge >= 0.3 is 0 Å². The maximum atomic E-state index is 13.1. The van der Waals surface area contributed by atoms with Crippen molar-refractivity contribution in [2.24, 2.45) is 4.99 Å². The van der Waals surface area contributed by atoms with E-state index in [-0.39, 0.29) is 29.8 Å². The standard InChI is InChI=1S/C21H31FN6S.HI/c1-4-23-21(26(3)15-19-16-29-17(2)25-19)24-9-10-27-11-13-28(14-12-27)20-7-5-18(22)6-8-20;/h5-8,16H,4,9-15H2,1-3H3,(H,23,24);1H. The first kappa shape index (κ1) is 24.8. The smallest absolute Gasteiger partial charge is 0.194 e. The van der Waals surface area contributed by atoms with Crippen molar-refractivity contribution in [3.63, 3.8) is 0 Å². The molecule has 0 spiro atoms. The third-order valence-corrected chi connectivity index (χ3v) is 5.83. The molecule has 2 aromatic rings. The second-order valence-corrected chi connectivity index (χ2v) is 8.32. The average molecular weight is 546 g/mol. The highest BCUT2D eigenvalue weighted by molar-refractivity contribution is 14.0. The molecule has 9 heteroatoms. The zero-order valence-electron chi connectivity index (χ0n) is 18.0. The van der Waals surface area contributed by atoms with Gasteiger partial charge in [0.25, 0.3) is 0 Å². The van der Waals surface area contributed by atoms with Gasteiger partial charge in [0, 0.05) is 57.4 Å². The summed E-state index contributed by atoms with van der Waals surface area (Å²) >= 11 is 1.68. The van der Waals surface area contributed by atoms with Crippen LogP contribution < -0.4 is 10.2 Å². The van der Waals surface area contributed by atoms with E-state index in [1.54, 1.807) is 11.3 Å². The summed E-state index contributed by atoms with van der Waals surface area (Å²) in [6.45, 7) is 11.3. The van der Waals surface area contributed by atoms with Crippen LogP contribution in [0.3, 0.4) is 0 Å².